The molecule has 1 aliphatic rings. The van der Waals surface area contributed by atoms with Crippen LogP contribution in [-0.4, -0.2) is 35.7 Å². The van der Waals surface area contributed by atoms with Crippen molar-refractivity contribution in [1.29, 1.82) is 0 Å². The normalized spacial score (nSPS) is 25.6. The van der Waals surface area contributed by atoms with E-state index in [0.29, 0.717) is 12.8 Å². The summed E-state index contributed by atoms with van der Waals surface area (Å²) in [6.45, 7) is 2.63. The van der Waals surface area contributed by atoms with Gasteiger partial charge in [0, 0.05) is 6.04 Å². The summed E-state index contributed by atoms with van der Waals surface area (Å²) in [4.78, 5) is 11.6. The lowest BCUT2D eigenvalue weighted by atomic mass is 9.92. The number of amides is 1. The maximum absolute atomic E-state index is 12.1. The number of alkyl halides is 4. The summed E-state index contributed by atoms with van der Waals surface area (Å²) in [7, 11) is 0. The van der Waals surface area contributed by atoms with E-state index < -0.39 is 18.9 Å². The highest BCUT2D eigenvalue weighted by Gasteiger charge is 2.32. The van der Waals surface area contributed by atoms with Gasteiger partial charge in [0.25, 0.3) is 0 Å². The van der Waals surface area contributed by atoms with Crippen LogP contribution in [0.4, 0.5) is 13.2 Å². The summed E-state index contributed by atoms with van der Waals surface area (Å²) in [6.07, 6.45) is -2.11. The van der Waals surface area contributed by atoms with Gasteiger partial charge in [-0.25, -0.2) is 0 Å². The molecular weight excluding hydrogens is 339 g/mol. The minimum atomic E-state index is -4.30. The second kappa shape index (κ2) is 7.64. The Morgan fingerprint density at radius 3 is 2.60 bits per heavy atom. The van der Waals surface area contributed by atoms with E-state index in [-0.39, 0.29) is 22.7 Å². The van der Waals surface area contributed by atoms with Crippen molar-refractivity contribution in [2.75, 3.05) is 6.61 Å². The lowest BCUT2D eigenvalue weighted by Crippen LogP contribution is -2.44. The molecule has 0 bridgehead atoms. The summed E-state index contributed by atoms with van der Waals surface area (Å²) in [6, 6.07) is -0.103. The number of nitrogens with one attached hydrogen (secondary N) is 1. The SMILES string of the molecule is CC(C)C(Br)C(=O)NC1CCCC(OCC(F)(F)F)C1. The van der Waals surface area contributed by atoms with Gasteiger partial charge in [0.15, 0.2) is 0 Å². The number of hydrogen-bond acceptors (Lipinski definition) is 2. The molecular formula is C13H21BrF3NO2. The molecule has 0 heterocycles. The molecule has 20 heavy (non-hydrogen) atoms. The van der Waals surface area contributed by atoms with Gasteiger partial charge in [-0.15, -0.1) is 0 Å². The van der Waals surface area contributed by atoms with Crippen LogP contribution >= 0.6 is 15.9 Å². The summed E-state index contributed by atoms with van der Waals surface area (Å²) in [5, 5.41) is 2.88. The van der Waals surface area contributed by atoms with Crippen molar-refractivity contribution in [2.24, 2.45) is 5.92 Å². The van der Waals surface area contributed by atoms with Gasteiger partial charge in [-0.2, -0.15) is 13.2 Å². The third-order valence-corrected chi connectivity index (χ3v) is 4.76. The first-order valence-corrected chi connectivity index (χ1v) is 7.73. The Hall–Kier alpha value is -0.300. The van der Waals surface area contributed by atoms with Crippen molar-refractivity contribution in [3.63, 3.8) is 0 Å². The third-order valence-electron chi connectivity index (χ3n) is 3.29. The molecule has 118 valence electrons. The zero-order valence-electron chi connectivity index (χ0n) is 11.7. The Morgan fingerprint density at radius 1 is 1.40 bits per heavy atom. The Morgan fingerprint density at radius 2 is 2.05 bits per heavy atom. The minimum Gasteiger partial charge on any atom is -0.369 e. The molecule has 0 aromatic rings. The van der Waals surface area contributed by atoms with Gasteiger partial charge in [0.2, 0.25) is 5.91 Å². The first-order valence-electron chi connectivity index (χ1n) is 6.82. The van der Waals surface area contributed by atoms with E-state index in [9.17, 15) is 18.0 Å². The fraction of sp³-hybridized carbons (Fsp3) is 0.923. The summed E-state index contributed by atoms with van der Waals surface area (Å²) in [5.41, 5.74) is 0. The molecule has 3 nitrogen and oxygen atoms in total. The van der Waals surface area contributed by atoms with Gasteiger partial charge >= 0.3 is 6.18 Å². The van der Waals surface area contributed by atoms with E-state index in [4.69, 9.17) is 4.74 Å². The zero-order chi connectivity index (χ0) is 15.3. The van der Waals surface area contributed by atoms with Crippen molar-refractivity contribution in [3.8, 4) is 0 Å². The molecule has 7 heteroatoms. The molecule has 0 saturated heterocycles. The maximum Gasteiger partial charge on any atom is 0.411 e. The summed E-state index contributed by atoms with van der Waals surface area (Å²) < 4.78 is 41.2. The predicted molar refractivity (Wildman–Crippen MR) is 73.7 cm³/mol. The van der Waals surface area contributed by atoms with Crippen LogP contribution in [0.25, 0.3) is 0 Å². The van der Waals surface area contributed by atoms with E-state index >= 15 is 0 Å². The fourth-order valence-electron chi connectivity index (χ4n) is 2.22. The molecule has 0 aromatic carbocycles. The molecule has 1 rings (SSSR count). The van der Waals surface area contributed by atoms with Crippen LogP contribution in [0.3, 0.4) is 0 Å². The Balaban J connectivity index is 2.39. The topological polar surface area (TPSA) is 38.3 Å². The molecule has 1 N–H and O–H groups in total. The first kappa shape index (κ1) is 17.8. The number of carbonyl (C=O) groups is 1. The first-order chi connectivity index (χ1) is 9.19. The Bertz CT molecular complexity index is 323. The van der Waals surface area contributed by atoms with Crippen LogP contribution in [0.1, 0.15) is 39.5 Å². The molecule has 1 saturated carbocycles. The molecule has 0 spiro atoms. The number of ether oxygens (including phenoxy) is 1. The van der Waals surface area contributed by atoms with Crippen LogP contribution in [0.15, 0.2) is 0 Å². The molecule has 1 amide bonds. The molecule has 3 unspecified atom stereocenters. The lowest BCUT2D eigenvalue weighted by molar-refractivity contribution is -0.188. The van der Waals surface area contributed by atoms with Gasteiger partial charge < -0.3 is 10.1 Å². The molecule has 0 aliphatic heterocycles. The van der Waals surface area contributed by atoms with Crippen molar-refractivity contribution in [3.05, 3.63) is 0 Å². The quantitative estimate of drug-likeness (QED) is 0.763. The van der Waals surface area contributed by atoms with Crippen molar-refractivity contribution < 1.29 is 22.7 Å². The fourth-order valence-corrected chi connectivity index (χ4v) is 2.36. The van der Waals surface area contributed by atoms with Gasteiger partial charge in [-0.1, -0.05) is 29.8 Å². The number of carbonyl (C=O) groups excluding carboxylic acids is 1. The average molecular weight is 360 g/mol. The van der Waals surface area contributed by atoms with E-state index in [1.807, 2.05) is 13.8 Å². The van der Waals surface area contributed by atoms with Crippen LogP contribution < -0.4 is 5.32 Å². The van der Waals surface area contributed by atoms with E-state index in [0.717, 1.165) is 12.8 Å². The summed E-state index contributed by atoms with van der Waals surface area (Å²) >= 11 is 3.31. The average Bonchev–Trinajstić information content (AvgIpc) is 2.35. The van der Waals surface area contributed by atoms with E-state index in [1.54, 1.807) is 0 Å². The van der Waals surface area contributed by atoms with Crippen LogP contribution in [0, 0.1) is 5.92 Å². The lowest BCUT2D eigenvalue weighted by Gasteiger charge is -2.31. The molecule has 0 aromatic heterocycles. The third kappa shape index (κ3) is 6.43. The Labute approximate surface area is 125 Å². The number of rotatable bonds is 5. The second-order valence-corrected chi connectivity index (χ2v) is 6.55. The van der Waals surface area contributed by atoms with Gasteiger partial charge in [-0.05, 0) is 31.6 Å². The largest absolute Gasteiger partial charge is 0.411 e. The van der Waals surface area contributed by atoms with Crippen molar-refractivity contribution in [2.45, 2.75) is 62.7 Å². The highest BCUT2D eigenvalue weighted by atomic mass is 79.9. The molecule has 0 radical (unpaired) electrons. The van der Waals surface area contributed by atoms with Crippen LogP contribution in [0.2, 0.25) is 0 Å². The van der Waals surface area contributed by atoms with E-state index in [1.165, 1.54) is 0 Å². The van der Waals surface area contributed by atoms with Gasteiger partial charge in [-0.3, -0.25) is 4.79 Å². The second-order valence-electron chi connectivity index (χ2n) is 5.57. The molecule has 3 atom stereocenters. The molecule has 1 fully saturated rings. The highest BCUT2D eigenvalue weighted by molar-refractivity contribution is 9.10. The number of hydrogen-bond donors (Lipinski definition) is 1. The van der Waals surface area contributed by atoms with E-state index in [2.05, 4.69) is 21.2 Å². The minimum absolute atomic E-state index is 0.103. The summed E-state index contributed by atoms with van der Waals surface area (Å²) in [5.74, 6) is 0.0531. The van der Waals surface area contributed by atoms with Gasteiger partial charge in [0.05, 0.1) is 10.9 Å². The monoisotopic (exact) mass is 359 g/mol. The smallest absolute Gasteiger partial charge is 0.369 e. The standard InChI is InChI=1S/C13H21BrF3NO2/c1-8(2)11(14)12(19)18-9-4-3-5-10(6-9)20-7-13(15,16)17/h8-11H,3-7H2,1-2H3,(H,18,19). The molecule has 1 aliphatic carbocycles. The van der Waals surface area contributed by atoms with Crippen LogP contribution in [0.5, 0.6) is 0 Å². The Kier molecular flexibility index (Phi) is 6.78. The maximum atomic E-state index is 12.1. The highest BCUT2D eigenvalue weighted by Crippen LogP contribution is 2.24. The van der Waals surface area contributed by atoms with Crippen molar-refractivity contribution in [1.82, 2.24) is 5.32 Å². The predicted octanol–water partition coefficient (Wildman–Crippen LogP) is 3.41. The zero-order valence-corrected chi connectivity index (χ0v) is 13.3. The van der Waals surface area contributed by atoms with Crippen LogP contribution in [-0.2, 0) is 9.53 Å². The number of halogens is 4. The van der Waals surface area contributed by atoms with Crippen molar-refractivity contribution >= 4 is 21.8 Å². The van der Waals surface area contributed by atoms with Gasteiger partial charge in [0.1, 0.15) is 6.61 Å².